The minimum atomic E-state index is 0.318. The Hall–Kier alpha value is -0.700. The van der Waals surface area contributed by atoms with Gasteiger partial charge >= 0.3 is 0 Å². The van der Waals surface area contributed by atoms with Crippen molar-refractivity contribution in [2.24, 2.45) is 5.92 Å². The van der Waals surface area contributed by atoms with Gasteiger partial charge in [-0.05, 0) is 26.7 Å². The summed E-state index contributed by atoms with van der Waals surface area (Å²) in [5.41, 5.74) is 1.08. The quantitative estimate of drug-likeness (QED) is 0.806. The molecule has 2 rings (SSSR count). The fourth-order valence-corrected chi connectivity index (χ4v) is 3.28. The van der Waals surface area contributed by atoms with E-state index < -0.39 is 0 Å². The first-order chi connectivity index (χ1) is 7.66. The van der Waals surface area contributed by atoms with Crippen LogP contribution in [0.1, 0.15) is 47.7 Å². The molecule has 0 bridgehead atoms. The lowest BCUT2D eigenvalue weighted by atomic mass is 9.85. The molecule has 1 aromatic heterocycles. The van der Waals surface area contributed by atoms with Gasteiger partial charge in [0.25, 0.3) is 0 Å². The zero-order chi connectivity index (χ0) is 11.5. The van der Waals surface area contributed by atoms with Gasteiger partial charge in [0, 0.05) is 10.8 Å². The van der Waals surface area contributed by atoms with Crippen molar-refractivity contribution in [1.82, 2.24) is 4.98 Å². The zero-order valence-corrected chi connectivity index (χ0v) is 10.9. The summed E-state index contributed by atoms with van der Waals surface area (Å²) in [4.78, 5) is 17.7. The average Bonchev–Trinajstić information content (AvgIpc) is 2.59. The van der Waals surface area contributed by atoms with Crippen LogP contribution in [0, 0.1) is 19.8 Å². The summed E-state index contributed by atoms with van der Waals surface area (Å²) in [7, 11) is 0. The van der Waals surface area contributed by atoms with E-state index in [1.807, 2.05) is 6.92 Å². The molecule has 1 aromatic rings. The molecule has 0 aromatic carbocycles. The van der Waals surface area contributed by atoms with Crippen LogP contribution in [0.4, 0.5) is 0 Å². The van der Waals surface area contributed by atoms with Crippen molar-refractivity contribution in [2.75, 3.05) is 0 Å². The normalized spacial score (nSPS) is 17.6. The molecule has 1 heterocycles. The number of thiazole rings is 1. The second-order valence-electron chi connectivity index (χ2n) is 4.73. The van der Waals surface area contributed by atoms with E-state index in [-0.39, 0.29) is 0 Å². The van der Waals surface area contributed by atoms with Gasteiger partial charge in [-0.1, -0.05) is 19.3 Å². The van der Waals surface area contributed by atoms with Crippen LogP contribution in [0.25, 0.3) is 0 Å². The number of ketones is 1. The zero-order valence-electron chi connectivity index (χ0n) is 10.1. The highest BCUT2D eigenvalue weighted by Crippen LogP contribution is 2.26. The molecular formula is C13H19NOS. The predicted octanol–water partition coefficient (Wildman–Crippen LogP) is 3.45. The minimum absolute atomic E-state index is 0.318. The number of nitrogens with zero attached hydrogens (tertiary/aromatic N) is 1. The van der Waals surface area contributed by atoms with E-state index in [1.54, 1.807) is 11.3 Å². The number of aromatic nitrogens is 1. The van der Waals surface area contributed by atoms with Crippen molar-refractivity contribution in [3.63, 3.8) is 0 Å². The Morgan fingerprint density at radius 1 is 1.31 bits per heavy atom. The highest BCUT2D eigenvalue weighted by molar-refractivity contribution is 7.11. The summed E-state index contributed by atoms with van der Waals surface area (Å²) in [6, 6.07) is 0. The van der Waals surface area contributed by atoms with Crippen molar-refractivity contribution in [3.05, 3.63) is 15.6 Å². The molecule has 0 spiro atoms. The molecule has 0 amide bonds. The third kappa shape index (κ3) is 2.70. The first kappa shape index (κ1) is 11.8. The summed E-state index contributed by atoms with van der Waals surface area (Å²) in [6.45, 7) is 4.09. The van der Waals surface area contributed by atoms with Gasteiger partial charge in [-0.2, -0.15) is 0 Å². The number of rotatable bonds is 3. The van der Waals surface area contributed by atoms with E-state index in [9.17, 15) is 4.79 Å². The number of hydrogen-bond acceptors (Lipinski definition) is 3. The number of carbonyl (C=O) groups excluding carboxylic acids is 1. The Morgan fingerprint density at radius 2 is 2.00 bits per heavy atom. The van der Waals surface area contributed by atoms with Crippen molar-refractivity contribution in [2.45, 2.75) is 52.4 Å². The molecule has 88 valence electrons. The molecule has 1 aliphatic rings. The molecule has 0 unspecified atom stereocenters. The summed E-state index contributed by atoms with van der Waals surface area (Å²) < 4.78 is 0. The summed E-state index contributed by atoms with van der Waals surface area (Å²) >= 11 is 1.67. The van der Waals surface area contributed by atoms with E-state index in [0.717, 1.165) is 23.5 Å². The van der Waals surface area contributed by atoms with Crippen LogP contribution in [-0.2, 0) is 11.2 Å². The Labute approximate surface area is 101 Å². The first-order valence-corrected chi connectivity index (χ1v) is 6.94. The van der Waals surface area contributed by atoms with Crippen LogP contribution in [0.5, 0.6) is 0 Å². The van der Waals surface area contributed by atoms with Crippen molar-refractivity contribution in [1.29, 1.82) is 0 Å². The molecule has 0 N–H and O–H groups in total. The highest BCUT2D eigenvalue weighted by atomic mass is 32.1. The largest absolute Gasteiger partial charge is 0.299 e. The van der Waals surface area contributed by atoms with Crippen LogP contribution < -0.4 is 0 Å². The van der Waals surface area contributed by atoms with E-state index in [0.29, 0.717) is 18.1 Å². The maximum absolute atomic E-state index is 12.1. The fraction of sp³-hybridized carbons (Fsp3) is 0.692. The van der Waals surface area contributed by atoms with Crippen LogP contribution in [-0.4, -0.2) is 10.8 Å². The summed E-state index contributed by atoms with van der Waals surface area (Å²) in [5.74, 6) is 0.728. The fourth-order valence-electron chi connectivity index (χ4n) is 2.33. The lowest BCUT2D eigenvalue weighted by molar-refractivity contribution is -0.123. The molecule has 0 saturated heterocycles. The Bertz CT molecular complexity index is 358. The van der Waals surface area contributed by atoms with Gasteiger partial charge in [0.1, 0.15) is 10.8 Å². The van der Waals surface area contributed by atoms with Gasteiger partial charge in [-0.3, -0.25) is 4.79 Å². The average molecular weight is 237 g/mol. The molecule has 0 aliphatic heterocycles. The van der Waals surface area contributed by atoms with E-state index >= 15 is 0 Å². The molecule has 1 aliphatic carbocycles. The second-order valence-corrected chi connectivity index (χ2v) is 6.01. The van der Waals surface area contributed by atoms with Crippen molar-refractivity contribution >= 4 is 17.1 Å². The molecule has 1 saturated carbocycles. The van der Waals surface area contributed by atoms with Crippen molar-refractivity contribution in [3.8, 4) is 0 Å². The Morgan fingerprint density at radius 3 is 2.56 bits per heavy atom. The third-order valence-corrected chi connectivity index (χ3v) is 4.53. The van der Waals surface area contributed by atoms with E-state index in [1.165, 1.54) is 24.1 Å². The van der Waals surface area contributed by atoms with Gasteiger partial charge < -0.3 is 0 Å². The molecule has 3 heteroatoms. The lowest BCUT2D eigenvalue weighted by Gasteiger charge is -2.19. The number of hydrogen-bond donors (Lipinski definition) is 0. The van der Waals surface area contributed by atoms with E-state index in [2.05, 4.69) is 11.9 Å². The number of aryl methyl sites for hydroxylation is 2. The van der Waals surface area contributed by atoms with Crippen LogP contribution in [0.3, 0.4) is 0 Å². The third-order valence-electron chi connectivity index (χ3n) is 3.46. The van der Waals surface area contributed by atoms with Crippen molar-refractivity contribution < 1.29 is 4.79 Å². The molecule has 0 radical (unpaired) electrons. The highest BCUT2D eigenvalue weighted by Gasteiger charge is 2.22. The molecular weight excluding hydrogens is 218 g/mol. The van der Waals surface area contributed by atoms with Crippen LogP contribution in [0.2, 0.25) is 0 Å². The summed E-state index contributed by atoms with van der Waals surface area (Å²) in [5, 5.41) is 1.01. The maximum Gasteiger partial charge on any atom is 0.142 e. The SMILES string of the molecule is Cc1nc(CC(=O)C2CCCCC2)sc1C. The lowest BCUT2D eigenvalue weighted by Crippen LogP contribution is -2.19. The van der Waals surface area contributed by atoms with Crippen LogP contribution in [0.15, 0.2) is 0 Å². The molecule has 16 heavy (non-hydrogen) atoms. The minimum Gasteiger partial charge on any atom is -0.299 e. The van der Waals surface area contributed by atoms with Gasteiger partial charge in [0.05, 0.1) is 12.1 Å². The van der Waals surface area contributed by atoms with Gasteiger partial charge in [-0.15, -0.1) is 11.3 Å². The van der Waals surface area contributed by atoms with Gasteiger partial charge in [0.15, 0.2) is 0 Å². The molecule has 1 fully saturated rings. The Balaban J connectivity index is 1.95. The van der Waals surface area contributed by atoms with E-state index in [4.69, 9.17) is 0 Å². The molecule has 0 atom stereocenters. The van der Waals surface area contributed by atoms with Gasteiger partial charge in [0.2, 0.25) is 0 Å². The standard InChI is InChI=1S/C13H19NOS/c1-9-10(2)16-13(14-9)8-12(15)11-6-4-3-5-7-11/h11H,3-8H2,1-2H3. The Kier molecular flexibility index (Phi) is 3.74. The number of carbonyl (C=O) groups is 1. The van der Waals surface area contributed by atoms with Crippen LogP contribution >= 0.6 is 11.3 Å². The second kappa shape index (κ2) is 5.09. The summed E-state index contributed by atoms with van der Waals surface area (Å²) in [6.07, 6.45) is 6.52. The smallest absolute Gasteiger partial charge is 0.142 e. The maximum atomic E-state index is 12.1. The first-order valence-electron chi connectivity index (χ1n) is 6.12. The monoisotopic (exact) mass is 237 g/mol. The molecule has 2 nitrogen and oxygen atoms in total. The predicted molar refractivity (Wildman–Crippen MR) is 66.9 cm³/mol. The number of Topliss-reactive ketones (excluding diaryl/α,β-unsaturated/α-hetero) is 1. The van der Waals surface area contributed by atoms with Gasteiger partial charge in [-0.25, -0.2) is 4.98 Å². The topological polar surface area (TPSA) is 30.0 Å².